The molecule has 7 heteroatoms. The molecule has 2 aromatic carbocycles. The predicted molar refractivity (Wildman–Crippen MR) is 105 cm³/mol. The second-order valence-corrected chi connectivity index (χ2v) is 8.52. The van der Waals surface area contributed by atoms with Gasteiger partial charge in [-0.05, 0) is 36.8 Å². The van der Waals surface area contributed by atoms with Gasteiger partial charge in [0.2, 0.25) is 0 Å². The molecular formula is C19H17N3O2S2. The number of hydrogen-bond acceptors (Lipinski definition) is 6. The fourth-order valence-electron chi connectivity index (χ4n) is 2.64. The maximum atomic E-state index is 12.5. The van der Waals surface area contributed by atoms with Crippen molar-refractivity contribution in [3.8, 4) is 11.4 Å². The molecule has 5 nitrogen and oxygen atoms in total. The summed E-state index contributed by atoms with van der Waals surface area (Å²) >= 11 is 3.90. The lowest BCUT2D eigenvalue weighted by atomic mass is 10.2. The van der Waals surface area contributed by atoms with Crippen molar-refractivity contribution >= 4 is 29.5 Å². The van der Waals surface area contributed by atoms with Crippen LogP contribution >= 0.6 is 23.5 Å². The average molecular weight is 383 g/mol. The van der Waals surface area contributed by atoms with Crippen LogP contribution < -0.4 is 4.74 Å². The molecule has 2 heterocycles. The van der Waals surface area contributed by atoms with E-state index in [1.807, 2.05) is 78.1 Å². The van der Waals surface area contributed by atoms with Crippen LogP contribution in [0.5, 0.6) is 5.75 Å². The van der Waals surface area contributed by atoms with E-state index in [0.717, 1.165) is 5.69 Å². The topological polar surface area (TPSA) is 57.0 Å². The zero-order valence-electron chi connectivity index (χ0n) is 14.2. The van der Waals surface area contributed by atoms with Gasteiger partial charge in [0.15, 0.2) is 5.69 Å². The van der Waals surface area contributed by atoms with Crippen molar-refractivity contribution in [2.45, 2.75) is 11.5 Å². The zero-order valence-corrected chi connectivity index (χ0v) is 15.8. The Labute approximate surface area is 160 Å². The lowest BCUT2D eigenvalue weighted by Crippen LogP contribution is -2.11. The molecule has 4 rings (SSSR count). The lowest BCUT2D eigenvalue weighted by Gasteiger charge is -2.09. The molecule has 0 aliphatic carbocycles. The first-order chi connectivity index (χ1) is 12.7. The molecule has 1 aromatic heterocycles. The van der Waals surface area contributed by atoms with Gasteiger partial charge in [-0.3, -0.25) is 0 Å². The minimum atomic E-state index is -0.498. The number of aromatic nitrogens is 3. The number of benzene rings is 2. The Morgan fingerprint density at radius 1 is 1.04 bits per heavy atom. The highest BCUT2D eigenvalue weighted by Gasteiger charge is 2.20. The van der Waals surface area contributed by atoms with Gasteiger partial charge in [-0.25, -0.2) is 4.79 Å². The summed E-state index contributed by atoms with van der Waals surface area (Å²) in [5.41, 5.74) is 2.81. The number of para-hydroxylation sites is 1. The Balaban J connectivity index is 1.49. The van der Waals surface area contributed by atoms with Crippen LogP contribution in [0.15, 0.2) is 54.6 Å². The van der Waals surface area contributed by atoms with Gasteiger partial charge in [0.05, 0.1) is 16.0 Å². The number of nitrogens with zero attached hydrogens (tertiary/aromatic N) is 3. The SMILES string of the molecule is Cc1nn(-c2ccccc2)nc1C(=O)Oc1ccc(C2SCCS2)cc1. The van der Waals surface area contributed by atoms with Crippen molar-refractivity contribution < 1.29 is 9.53 Å². The molecule has 0 saturated carbocycles. The highest BCUT2D eigenvalue weighted by atomic mass is 32.2. The van der Waals surface area contributed by atoms with Crippen molar-refractivity contribution in [2.24, 2.45) is 0 Å². The number of aryl methyl sites for hydroxylation is 1. The smallest absolute Gasteiger partial charge is 0.366 e. The number of thioether (sulfide) groups is 2. The Kier molecular flexibility index (Phi) is 4.99. The number of ether oxygens (including phenoxy) is 1. The van der Waals surface area contributed by atoms with Gasteiger partial charge in [0, 0.05) is 11.5 Å². The standard InChI is InChI=1S/C19H17N3O2S2/c1-13-17(21-22(20-13)15-5-3-2-4-6-15)18(23)24-16-9-7-14(8-10-16)19-25-11-12-26-19/h2-10,19H,11-12H2,1H3. The second-order valence-electron chi connectivity index (χ2n) is 5.79. The Morgan fingerprint density at radius 3 is 2.42 bits per heavy atom. The van der Waals surface area contributed by atoms with Crippen molar-refractivity contribution in [2.75, 3.05) is 11.5 Å². The zero-order chi connectivity index (χ0) is 17.9. The van der Waals surface area contributed by atoms with E-state index in [1.165, 1.54) is 21.9 Å². The fourth-order valence-corrected chi connectivity index (χ4v) is 5.50. The van der Waals surface area contributed by atoms with Gasteiger partial charge < -0.3 is 4.74 Å². The van der Waals surface area contributed by atoms with E-state index in [2.05, 4.69) is 10.2 Å². The molecule has 1 aliphatic rings. The normalized spacial score (nSPS) is 14.5. The maximum absolute atomic E-state index is 12.5. The Morgan fingerprint density at radius 2 is 1.73 bits per heavy atom. The van der Waals surface area contributed by atoms with Crippen LogP contribution in [0.1, 0.15) is 26.3 Å². The predicted octanol–water partition coefficient (Wildman–Crippen LogP) is 4.27. The van der Waals surface area contributed by atoms with Crippen molar-refractivity contribution in [3.63, 3.8) is 0 Å². The number of rotatable bonds is 4. The van der Waals surface area contributed by atoms with Crippen LogP contribution in [0.4, 0.5) is 0 Å². The van der Waals surface area contributed by atoms with Gasteiger partial charge in [0.25, 0.3) is 0 Å². The van der Waals surface area contributed by atoms with E-state index in [-0.39, 0.29) is 5.69 Å². The maximum Gasteiger partial charge on any atom is 0.366 e. The summed E-state index contributed by atoms with van der Waals surface area (Å²) in [6.45, 7) is 1.75. The van der Waals surface area contributed by atoms with Crippen LogP contribution in [0, 0.1) is 6.92 Å². The number of esters is 1. The third kappa shape index (κ3) is 3.64. The van der Waals surface area contributed by atoms with E-state index in [1.54, 1.807) is 6.92 Å². The molecule has 1 saturated heterocycles. The van der Waals surface area contributed by atoms with E-state index < -0.39 is 5.97 Å². The van der Waals surface area contributed by atoms with E-state index in [9.17, 15) is 4.79 Å². The molecule has 0 atom stereocenters. The minimum absolute atomic E-state index is 0.222. The molecule has 0 unspecified atom stereocenters. The lowest BCUT2D eigenvalue weighted by molar-refractivity contribution is 0.0727. The molecule has 0 radical (unpaired) electrons. The molecule has 0 bridgehead atoms. The molecule has 0 spiro atoms. The van der Waals surface area contributed by atoms with Crippen molar-refractivity contribution in [1.82, 2.24) is 15.0 Å². The quantitative estimate of drug-likeness (QED) is 0.495. The highest BCUT2D eigenvalue weighted by Crippen LogP contribution is 2.45. The van der Waals surface area contributed by atoms with Crippen LogP contribution in [0.3, 0.4) is 0 Å². The first-order valence-electron chi connectivity index (χ1n) is 8.25. The molecule has 1 fully saturated rings. The Hall–Kier alpha value is -2.25. The van der Waals surface area contributed by atoms with Crippen LogP contribution in [-0.2, 0) is 0 Å². The third-order valence-electron chi connectivity index (χ3n) is 3.95. The number of carbonyl (C=O) groups is 1. The first-order valence-corrected chi connectivity index (χ1v) is 10.4. The molecule has 3 aromatic rings. The summed E-state index contributed by atoms with van der Waals surface area (Å²) in [6.07, 6.45) is 0. The third-order valence-corrected chi connectivity index (χ3v) is 7.05. The van der Waals surface area contributed by atoms with E-state index in [4.69, 9.17) is 4.74 Å². The Bertz CT molecular complexity index is 904. The van der Waals surface area contributed by atoms with Crippen molar-refractivity contribution in [3.05, 3.63) is 71.5 Å². The molecule has 26 heavy (non-hydrogen) atoms. The number of hydrogen-bond donors (Lipinski definition) is 0. The summed E-state index contributed by atoms with van der Waals surface area (Å²) in [7, 11) is 0. The minimum Gasteiger partial charge on any atom is -0.422 e. The van der Waals surface area contributed by atoms with Crippen LogP contribution in [-0.4, -0.2) is 32.5 Å². The largest absolute Gasteiger partial charge is 0.422 e. The van der Waals surface area contributed by atoms with Gasteiger partial charge in [-0.1, -0.05) is 30.3 Å². The summed E-state index contributed by atoms with van der Waals surface area (Å²) in [5, 5.41) is 8.59. The number of carbonyl (C=O) groups excluding carboxylic acids is 1. The van der Waals surface area contributed by atoms with Crippen LogP contribution in [0.2, 0.25) is 0 Å². The fraction of sp³-hybridized carbons (Fsp3) is 0.211. The van der Waals surface area contributed by atoms with Gasteiger partial charge in [0.1, 0.15) is 5.75 Å². The van der Waals surface area contributed by atoms with Crippen LogP contribution in [0.25, 0.3) is 5.69 Å². The molecule has 132 valence electrons. The molecule has 1 aliphatic heterocycles. The second kappa shape index (κ2) is 7.55. The first kappa shape index (κ1) is 17.2. The summed E-state index contributed by atoms with van der Waals surface area (Å²) < 4.78 is 5.96. The molecular weight excluding hydrogens is 366 g/mol. The summed E-state index contributed by atoms with van der Waals surface area (Å²) in [5.74, 6) is 2.38. The van der Waals surface area contributed by atoms with Gasteiger partial charge >= 0.3 is 5.97 Å². The average Bonchev–Trinajstić information content (AvgIpc) is 3.33. The highest BCUT2D eigenvalue weighted by molar-refractivity contribution is 8.19. The van der Waals surface area contributed by atoms with E-state index >= 15 is 0 Å². The van der Waals surface area contributed by atoms with E-state index in [0.29, 0.717) is 16.0 Å². The summed E-state index contributed by atoms with van der Waals surface area (Å²) in [6, 6.07) is 17.2. The van der Waals surface area contributed by atoms with Gasteiger partial charge in [-0.2, -0.15) is 9.90 Å². The van der Waals surface area contributed by atoms with Gasteiger partial charge in [-0.15, -0.1) is 28.6 Å². The molecule has 0 N–H and O–H groups in total. The monoisotopic (exact) mass is 383 g/mol. The molecule has 0 amide bonds. The summed E-state index contributed by atoms with van der Waals surface area (Å²) in [4.78, 5) is 13.9. The van der Waals surface area contributed by atoms with Crippen molar-refractivity contribution in [1.29, 1.82) is 0 Å².